The van der Waals surface area contributed by atoms with E-state index in [0.29, 0.717) is 0 Å². The topological polar surface area (TPSA) is 75.3 Å². The van der Waals surface area contributed by atoms with E-state index in [-0.39, 0.29) is 28.4 Å². The third-order valence-corrected chi connectivity index (χ3v) is 1.97. The number of nitrogens with one attached hydrogen (secondary N) is 2. The molecule has 1 amide bonds. The van der Waals surface area contributed by atoms with Gasteiger partial charge in [0, 0.05) is 6.42 Å². The van der Waals surface area contributed by atoms with Gasteiger partial charge in [0.2, 0.25) is 5.91 Å². The molecule has 0 aliphatic rings. The van der Waals surface area contributed by atoms with Gasteiger partial charge in [-0.25, -0.2) is 0 Å². The summed E-state index contributed by atoms with van der Waals surface area (Å²) in [6.07, 6.45) is 0.0470. The third-order valence-electron chi connectivity index (χ3n) is 1.53. The molecule has 6 heteroatoms. The van der Waals surface area contributed by atoms with Crippen LogP contribution in [0.15, 0.2) is 0 Å². The summed E-state index contributed by atoms with van der Waals surface area (Å²) in [6, 6.07) is -0.694. The highest BCUT2D eigenvalue weighted by atomic mass is 127. The average Bonchev–Trinajstić information content (AvgIpc) is 2.02. The zero-order chi connectivity index (χ0) is 11.1. The van der Waals surface area contributed by atoms with E-state index in [0.717, 1.165) is 0 Å². The average molecular weight is 312 g/mol. The molecule has 80 valence electrons. The van der Waals surface area contributed by atoms with Crippen molar-refractivity contribution in [1.82, 2.24) is 10.6 Å². The van der Waals surface area contributed by atoms with Crippen molar-refractivity contribution in [3.8, 4) is 0 Å². The summed E-state index contributed by atoms with van der Waals surface area (Å²) in [7, 11) is 1.63. The summed E-state index contributed by atoms with van der Waals surface area (Å²) < 4.78 is -0.146. The van der Waals surface area contributed by atoms with Crippen LogP contribution < -0.4 is 10.6 Å². The van der Waals surface area contributed by atoms with Crippen LogP contribution in [-0.4, -0.2) is 35.1 Å². The molecule has 0 fully saturated rings. The number of Topliss-reactive ketones (excluding diaryl/α,β-unsaturated/α-hetero) is 1. The lowest BCUT2D eigenvalue weighted by Gasteiger charge is -2.13. The second-order valence-corrected chi connectivity index (χ2v) is 4.02. The van der Waals surface area contributed by atoms with Crippen LogP contribution in [0.1, 0.15) is 13.3 Å². The molecule has 5 nitrogen and oxygen atoms in total. The number of hydrogen-bond acceptors (Lipinski definition) is 4. The third kappa shape index (κ3) is 6.03. The molecule has 14 heavy (non-hydrogen) atoms. The summed E-state index contributed by atoms with van der Waals surface area (Å²) in [5.41, 5.74) is 0. The van der Waals surface area contributed by atoms with Gasteiger partial charge in [0.25, 0.3) is 0 Å². The van der Waals surface area contributed by atoms with Crippen LogP contribution in [0.2, 0.25) is 0 Å². The molecular weight excluding hydrogens is 299 g/mol. The lowest BCUT2D eigenvalue weighted by Crippen LogP contribution is -2.44. The molecule has 0 aromatic rings. The minimum atomic E-state index is -0.694. The van der Waals surface area contributed by atoms with Gasteiger partial charge < -0.3 is 10.6 Å². The van der Waals surface area contributed by atoms with Crippen LogP contribution in [0.4, 0.5) is 0 Å². The minimum absolute atomic E-state index is 0.0470. The van der Waals surface area contributed by atoms with Gasteiger partial charge in [0.15, 0.2) is 9.57 Å². The highest BCUT2D eigenvalue weighted by Crippen LogP contribution is 2.00. The number of ketones is 1. The quantitative estimate of drug-likeness (QED) is 0.518. The number of likely N-dealkylation sites (N-methyl/N-ethyl adjacent to an activating group) is 1. The first-order valence-corrected chi connectivity index (χ1v) is 5.18. The summed E-state index contributed by atoms with van der Waals surface area (Å²) in [5, 5.41) is 5.13. The van der Waals surface area contributed by atoms with Gasteiger partial charge in [-0.2, -0.15) is 0 Å². The maximum absolute atomic E-state index is 11.1. The Morgan fingerprint density at radius 3 is 2.29 bits per heavy atom. The van der Waals surface area contributed by atoms with E-state index in [9.17, 15) is 14.4 Å². The molecule has 0 aliphatic heterocycles. The normalized spacial score (nSPS) is 11.9. The molecule has 0 radical (unpaired) electrons. The molecule has 0 aromatic carbocycles. The lowest BCUT2D eigenvalue weighted by atomic mass is 10.1. The number of amides is 1. The molecule has 2 N–H and O–H groups in total. The first-order chi connectivity index (χ1) is 6.47. The highest BCUT2D eigenvalue weighted by molar-refractivity contribution is 14.1. The van der Waals surface area contributed by atoms with Crippen LogP contribution in [0, 0.1) is 0 Å². The first-order valence-electron chi connectivity index (χ1n) is 4.10. The predicted octanol–water partition coefficient (Wildman–Crippen LogP) is -0.369. The van der Waals surface area contributed by atoms with Gasteiger partial charge in [-0.3, -0.25) is 14.4 Å². The van der Waals surface area contributed by atoms with E-state index in [1.807, 2.05) is 0 Å². The van der Waals surface area contributed by atoms with Gasteiger partial charge >= 0.3 is 0 Å². The van der Waals surface area contributed by atoms with Crippen molar-refractivity contribution in [1.29, 1.82) is 0 Å². The Balaban J connectivity index is 4.16. The van der Waals surface area contributed by atoms with Gasteiger partial charge in [0.1, 0.15) is 0 Å². The van der Waals surface area contributed by atoms with Gasteiger partial charge in [0.05, 0.1) is 12.6 Å². The fraction of sp³-hybridized carbons (Fsp3) is 0.625. The number of rotatable bonds is 6. The van der Waals surface area contributed by atoms with E-state index in [4.69, 9.17) is 0 Å². The van der Waals surface area contributed by atoms with Crippen LogP contribution in [0.3, 0.4) is 0 Å². The van der Waals surface area contributed by atoms with E-state index >= 15 is 0 Å². The molecule has 0 saturated heterocycles. The Bertz CT molecular complexity index is 243. The molecule has 0 saturated carbocycles. The molecule has 0 heterocycles. The minimum Gasteiger partial charge on any atom is -0.345 e. The summed E-state index contributed by atoms with van der Waals surface area (Å²) in [6.45, 7) is 1.49. The molecule has 0 spiro atoms. The molecule has 0 aromatic heterocycles. The van der Waals surface area contributed by atoms with Crippen molar-refractivity contribution in [2.75, 3.05) is 13.6 Å². The van der Waals surface area contributed by atoms with Crippen LogP contribution in [0.5, 0.6) is 0 Å². The van der Waals surface area contributed by atoms with Crippen molar-refractivity contribution in [2.24, 2.45) is 0 Å². The van der Waals surface area contributed by atoms with Crippen LogP contribution in [0.25, 0.3) is 0 Å². The van der Waals surface area contributed by atoms with Crippen LogP contribution >= 0.6 is 22.6 Å². The predicted molar refractivity (Wildman–Crippen MR) is 60.2 cm³/mol. The van der Waals surface area contributed by atoms with E-state index in [2.05, 4.69) is 10.6 Å². The Kier molecular flexibility index (Phi) is 6.64. The smallest absolute Gasteiger partial charge is 0.234 e. The fourth-order valence-electron chi connectivity index (χ4n) is 0.863. The second-order valence-electron chi connectivity index (χ2n) is 2.82. The molecule has 0 rings (SSSR count). The standard InChI is InChI=1S/C8H13IN2O3/c1-5(12)6(3-7(9)13)11-8(14)4-10-2/h6,10H,3-4H2,1-2H3,(H,11,14). The largest absolute Gasteiger partial charge is 0.345 e. The maximum Gasteiger partial charge on any atom is 0.234 e. The summed E-state index contributed by atoms with van der Waals surface area (Å²) in [5.74, 6) is -0.496. The second kappa shape index (κ2) is 6.88. The summed E-state index contributed by atoms with van der Waals surface area (Å²) >= 11 is 1.60. The Labute approximate surface area is 96.1 Å². The van der Waals surface area contributed by atoms with Gasteiger partial charge in [-0.05, 0) is 36.6 Å². The Morgan fingerprint density at radius 1 is 1.36 bits per heavy atom. The monoisotopic (exact) mass is 312 g/mol. The van der Waals surface area contributed by atoms with Crippen molar-refractivity contribution in [3.05, 3.63) is 0 Å². The number of halogens is 1. The van der Waals surface area contributed by atoms with Crippen molar-refractivity contribution in [2.45, 2.75) is 19.4 Å². The van der Waals surface area contributed by atoms with E-state index in [1.165, 1.54) is 6.92 Å². The molecule has 1 atom stereocenters. The summed E-state index contributed by atoms with van der Waals surface area (Å²) in [4.78, 5) is 32.9. The molecular formula is C8H13IN2O3. The van der Waals surface area contributed by atoms with Gasteiger partial charge in [-0.15, -0.1) is 0 Å². The Morgan fingerprint density at radius 2 is 1.93 bits per heavy atom. The number of hydrogen-bond donors (Lipinski definition) is 2. The SMILES string of the molecule is CNCC(=O)NC(CC(=O)I)C(C)=O. The van der Waals surface area contributed by atoms with Gasteiger partial charge in [-0.1, -0.05) is 0 Å². The zero-order valence-corrected chi connectivity index (χ0v) is 10.3. The van der Waals surface area contributed by atoms with Crippen molar-refractivity contribution in [3.63, 3.8) is 0 Å². The number of carbonyl (C=O) groups excluding carboxylic acids is 3. The molecule has 1 unspecified atom stereocenters. The first kappa shape index (κ1) is 13.5. The molecule has 0 aliphatic carbocycles. The molecule has 0 bridgehead atoms. The number of carbonyl (C=O) groups is 3. The van der Waals surface area contributed by atoms with Crippen molar-refractivity contribution >= 4 is 38.1 Å². The maximum atomic E-state index is 11.1. The highest BCUT2D eigenvalue weighted by Gasteiger charge is 2.18. The fourth-order valence-corrected chi connectivity index (χ4v) is 1.30. The Hall–Kier alpha value is -0.500. The lowest BCUT2D eigenvalue weighted by molar-refractivity contribution is -0.127. The van der Waals surface area contributed by atoms with Crippen LogP contribution in [-0.2, 0) is 14.4 Å². The van der Waals surface area contributed by atoms with E-state index < -0.39 is 6.04 Å². The zero-order valence-electron chi connectivity index (χ0n) is 8.09. The van der Waals surface area contributed by atoms with E-state index in [1.54, 1.807) is 29.6 Å². The van der Waals surface area contributed by atoms with Crippen molar-refractivity contribution < 1.29 is 14.4 Å².